The molecule has 0 saturated carbocycles. The molecule has 1 fully saturated rings. The summed E-state index contributed by atoms with van der Waals surface area (Å²) in [5.74, 6) is -1.38. The van der Waals surface area contributed by atoms with Gasteiger partial charge in [-0.2, -0.15) is 0 Å². The van der Waals surface area contributed by atoms with Crippen LogP contribution in [0.4, 0.5) is 10.1 Å². The summed E-state index contributed by atoms with van der Waals surface area (Å²) in [4.78, 5) is 29.8. The van der Waals surface area contributed by atoms with Crippen LogP contribution in [0, 0.1) is 14.6 Å². The lowest BCUT2D eigenvalue weighted by Crippen LogP contribution is -2.36. The molecule has 1 aliphatic heterocycles. The van der Waals surface area contributed by atoms with Crippen LogP contribution in [0.25, 0.3) is 10.2 Å². The zero-order valence-electron chi connectivity index (χ0n) is 14.7. The summed E-state index contributed by atoms with van der Waals surface area (Å²) >= 11 is 3.72. The highest BCUT2D eigenvalue weighted by Gasteiger charge is 2.33. The molecule has 0 radical (unpaired) electrons. The minimum Gasteiger partial charge on any atom is -0.453 e. The second-order valence-electron chi connectivity index (χ2n) is 6.32. The van der Waals surface area contributed by atoms with E-state index in [1.807, 2.05) is 6.07 Å². The van der Waals surface area contributed by atoms with Crippen molar-refractivity contribution in [3.05, 3.63) is 45.2 Å². The zero-order chi connectivity index (χ0) is 19.8. The average molecular weight is 511 g/mol. The summed E-state index contributed by atoms with van der Waals surface area (Å²) in [7, 11) is 1.53. The quantitative estimate of drug-likeness (QED) is 0.426. The van der Waals surface area contributed by atoms with Gasteiger partial charge in [0.05, 0.1) is 13.1 Å². The molecule has 0 bridgehead atoms. The van der Waals surface area contributed by atoms with Crippen molar-refractivity contribution in [2.24, 2.45) is 5.92 Å². The number of pyridine rings is 1. The Kier molecular flexibility index (Phi) is 5.19. The van der Waals surface area contributed by atoms with E-state index in [1.165, 1.54) is 35.4 Å². The minimum absolute atomic E-state index is 0.0547. The molecule has 9 heteroatoms. The summed E-state index contributed by atoms with van der Waals surface area (Å²) in [6.45, 7) is 0.478. The van der Waals surface area contributed by atoms with Crippen molar-refractivity contribution >= 4 is 61.6 Å². The second-order valence-corrected chi connectivity index (χ2v) is 9.27. The van der Waals surface area contributed by atoms with E-state index in [2.05, 4.69) is 32.9 Å². The fraction of sp³-hybridized carbons (Fsp3) is 0.211. The number of thiophene rings is 1. The number of nitrogens with one attached hydrogen (secondary N) is 1. The fourth-order valence-corrected chi connectivity index (χ4v) is 4.80. The molecule has 1 unspecified atom stereocenters. The van der Waals surface area contributed by atoms with Crippen LogP contribution < -0.4 is 15.0 Å². The Morgan fingerprint density at radius 3 is 2.89 bits per heavy atom. The van der Waals surface area contributed by atoms with E-state index in [9.17, 15) is 14.0 Å². The number of carbonyl (C=O) groups is 2. The van der Waals surface area contributed by atoms with E-state index in [1.54, 1.807) is 18.3 Å². The van der Waals surface area contributed by atoms with Gasteiger partial charge in [-0.15, -0.1) is 11.3 Å². The molecular formula is C19H15FIN3O3S. The maximum atomic E-state index is 14.7. The lowest BCUT2D eigenvalue weighted by molar-refractivity contribution is -0.131. The van der Waals surface area contributed by atoms with Crippen LogP contribution in [0.2, 0.25) is 0 Å². The molecule has 2 aromatic heterocycles. The van der Waals surface area contributed by atoms with Gasteiger partial charge in [-0.3, -0.25) is 14.6 Å². The number of anilines is 1. The molecule has 4 rings (SSSR count). The predicted octanol–water partition coefficient (Wildman–Crippen LogP) is 3.93. The van der Waals surface area contributed by atoms with Gasteiger partial charge in [0.1, 0.15) is 11.7 Å². The van der Waals surface area contributed by atoms with Crippen molar-refractivity contribution in [2.45, 2.75) is 6.42 Å². The Morgan fingerprint density at radius 1 is 1.36 bits per heavy atom. The molecule has 144 valence electrons. The predicted molar refractivity (Wildman–Crippen MR) is 113 cm³/mol. The maximum absolute atomic E-state index is 14.7. The lowest BCUT2D eigenvalue weighted by atomic mass is 10.1. The molecule has 28 heavy (non-hydrogen) atoms. The number of rotatable bonds is 4. The zero-order valence-corrected chi connectivity index (χ0v) is 17.7. The third kappa shape index (κ3) is 3.55. The van der Waals surface area contributed by atoms with Gasteiger partial charge in [-0.1, -0.05) is 0 Å². The minimum atomic E-state index is -0.726. The number of halogens is 2. The van der Waals surface area contributed by atoms with Gasteiger partial charge in [0.15, 0.2) is 11.6 Å². The number of benzene rings is 1. The summed E-state index contributed by atoms with van der Waals surface area (Å²) in [6, 6.07) is 7.94. The van der Waals surface area contributed by atoms with Gasteiger partial charge < -0.3 is 15.0 Å². The summed E-state index contributed by atoms with van der Waals surface area (Å²) in [5.41, 5.74) is 1.16. The molecule has 6 nitrogen and oxygen atoms in total. The molecule has 3 aromatic rings. The van der Waals surface area contributed by atoms with Gasteiger partial charge in [-0.05, 0) is 47.2 Å². The van der Waals surface area contributed by atoms with Gasteiger partial charge in [0.25, 0.3) is 0 Å². The van der Waals surface area contributed by atoms with Gasteiger partial charge in [-0.25, -0.2) is 4.39 Å². The van der Waals surface area contributed by atoms with E-state index >= 15 is 0 Å². The molecule has 1 saturated heterocycles. The Bertz CT molecular complexity index is 1090. The van der Waals surface area contributed by atoms with Crippen LogP contribution in [0.3, 0.4) is 0 Å². The number of amides is 2. The van der Waals surface area contributed by atoms with Crippen LogP contribution in [0.15, 0.2) is 36.5 Å². The van der Waals surface area contributed by atoms with Gasteiger partial charge >= 0.3 is 0 Å². The second kappa shape index (κ2) is 7.63. The first kappa shape index (κ1) is 19.1. The number of hydrogen-bond acceptors (Lipinski definition) is 5. The van der Waals surface area contributed by atoms with E-state index in [0.29, 0.717) is 24.4 Å². The highest BCUT2D eigenvalue weighted by Crippen LogP contribution is 2.36. The highest BCUT2D eigenvalue weighted by molar-refractivity contribution is 14.1. The van der Waals surface area contributed by atoms with Gasteiger partial charge in [0, 0.05) is 37.6 Å². The van der Waals surface area contributed by atoms with E-state index in [0.717, 1.165) is 13.1 Å². The first-order valence-corrected chi connectivity index (χ1v) is 10.4. The van der Waals surface area contributed by atoms with Gasteiger partial charge in [0.2, 0.25) is 11.8 Å². The lowest BCUT2D eigenvalue weighted by Gasteiger charge is -2.20. The smallest absolute Gasteiger partial charge is 0.239 e. The summed E-state index contributed by atoms with van der Waals surface area (Å²) in [5, 5.41) is 2.64. The molecule has 1 aliphatic rings. The molecule has 1 aromatic carbocycles. The Balaban J connectivity index is 1.57. The molecule has 1 N–H and O–H groups in total. The molecule has 1 atom stereocenters. The third-order valence-electron chi connectivity index (χ3n) is 4.55. The first-order chi connectivity index (χ1) is 13.4. The van der Waals surface area contributed by atoms with E-state index < -0.39 is 11.7 Å². The molecule has 3 heterocycles. The Labute approximate surface area is 177 Å². The summed E-state index contributed by atoms with van der Waals surface area (Å²) < 4.78 is 22.3. The van der Waals surface area contributed by atoms with Crippen molar-refractivity contribution in [1.82, 2.24) is 10.3 Å². The average Bonchev–Trinajstić information content (AvgIpc) is 3.27. The number of ether oxygens (including phenoxy) is 1. The number of hydrogen-bond donors (Lipinski definition) is 1. The monoisotopic (exact) mass is 511 g/mol. The first-order valence-electron chi connectivity index (χ1n) is 8.51. The van der Waals surface area contributed by atoms with Crippen LogP contribution in [-0.2, 0) is 9.59 Å². The number of aromatic nitrogens is 1. The fourth-order valence-electron chi connectivity index (χ4n) is 3.06. The van der Waals surface area contributed by atoms with Crippen molar-refractivity contribution in [1.29, 1.82) is 0 Å². The molecule has 0 spiro atoms. The molecular weight excluding hydrogens is 496 g/mol. The van der Waals surface area contributed by atoms with Crippen molar-refractivity contribution in [3.63, 3.8) is 0 Å². The SMILES string of the molecule is CN(C(=O)C1CCNC1=O)c1ccc(Oc2ccnc3cc(I)sc23)c(F)c1. The van der Waals surface area contributed by atoms with Crippen LogP contribution in [-0.4, -0.2) is 30.4 Å². The maximum Gasteiger partial charge on any atom is 0.239 e. The number of fused-ring (bicyclic) bond motifs is 1. The molecule has 2 amide bonds. The van der Waals surface area contributed by atoms with Crippen LogP contribution in [0.1, 0.15) is 6.42 Å². The van der Waals surface area contributed by atoms with E-state index in [-0.39, 0.29) is 17.6 Å². The van der Waals surface area contributed by atoms with Crippen LogP contribution >= 0.6 is 33.9 Å². The Hall–Kier alpha value is -2.27. The normalized spacial score (nSPS) is 16.2. The number of carbonyl (C=O) groups excluding carboxylic acids is 2. The Morgan fingerprint density at radius 2 is 2.18 bits per heavy atom. The molecule has 0 aliphatic carbocycles. The van der Waals surface area contributed by atoms with Crippen molar-refractivity contribution < 1.29 is 18.7 Å². The van der Waals surface area contributed by atoms with Crippen molar-refractivity contribution in [3.8, 4) is 11.5 Å². The van der Waals surface area contributed by atoms with E-state index in [4.69, 9.17) is 4.74 Å². The standard InChI is InChI=1S/C19H15FIN3O3S/c1-24(19(26)11-4-6-23-18(11)25)10-2-3-14(12(20)8-10)27-15-5-7-22-13-9-16(21)28-17(13)15/h2-3,5,7-9,11H,4,6H2,1H3,(H,23,25). The largest absolute Gasteiger partial charge is 0.453 e. The summed E-state index contributed by atoms with van der Waals surface area (Å²) in [6.07, 6.45) is 2.06. The topological polar surface area (TPSA) is 71.5 Å². The highest BCUT2D eigenvalue weighted by atomic mass is 127. The van der Waals surface area contributed by atoms with Crippen LogP contribution in [0.5, 0.6) is 11.5 Å². The third-order valence-corrected chi connectivity index (χ3v) is 6.45. The van der Waals surface area contributed by atoms with Crippen molar-refractivity contribution in [2.75, 3.05) is 18.5 Å². The number of nitrogens with zero attached hydrogens (tertiary/aromatic N) is 2.